The smallest absolute Gasteiger partial charge is 0.328 e. The first-order valence-electron chi connectivity index (χ1n) is 4.17. The van der Waals surface area contributed by atoms with Crippen molar-refractivity contribution in [1.82, 2.24) is 0 Å². The van der Waals surface area contributed by atoms with E-state index in [2.05, 4.69) is 14.8 Å². The molecule has 5 nitrogen and oxygen atoms in total. The second-order valence-corrected chi connectivity index (χ2v) is 2.61. The molecule has 0 bridgehead atoms. The first-order valence-corrected chi connectivity index (χ1v) is 4.17. The Kier molecular flexibility index (Phi) is 3.94. The monoisotopic (exact) mass is 203 g/mol. The van der Waals surface area contributed by atoms with Crippen LogP contribution < -0.4 is 0 Å². The summed E-state index contributed by atoms with van der Waals surface area (Å²) in [4.78, 5) is 18.6. The van der Waals surface area contributed by atoms with Gasteiger partial charge in [-0.15, -0.1) is 0 Å². The standard InChI is InChI=1S/C10H9N3O2/c1-15-13-6-8-4-2-3-5-9(8)10(14)7-12-11/h2-7H,1H3/b13-6+. The molecule has 0 radical (unpaired) electrons. The molecule has 0 aliphatic carbocycles. The highest BCUT2D eigenvalue weighted by atomic mass is 16.6. The Morgan fingerprint density at radius 3 is 2.93 bits per heavy atom. The van der Waals surface area contributed by atoms with Gasteiger partial charge < -0.3 is 10.4 Å². The van der Waals surface area contributed by atoms with Crippen LogP contribution >= 0.6 is 0 Å². The Balaban J connectivity index is 3.11. The van der Waals surface area contributed by atoms with Gasteiger partial charge in [0.1, 0.15) is 7.11 Å². The third-order valence-corrected chi connectivity index (χ3v) is 1.70. The molecule has 0 fully saturated rings. The number of oxime groups is 1. The van der Waals surface area contributed by atoms with Crippen LogP contribution in [0.25, 0.3) is 5.53 Å². The maximum absolute atomic E-state index is 11.4. The van der Waals surface area contributed by atoms with E-state index < -0.39 is 5.78 Å². The molecule has 0 amide bonds. The zero-order valence-corrected chi connectivity index (χ0v) is 8.12. The van der Waals surface area contributed by atoms with Crippen LogP contribution in [0.4, 0.5) is 0 Å². The van der Waals surface area contributed by atoms with Crippen molar-refractivity contribution in [2.75, 3.05) is 7.11 Å². The maximum Gasteiger partial charge on any atom is 0.328 e. The molecule has 1 aromatic rings. The van der Waals surface area contributed by atoms with E-state index in [9.17, 15) is 4.79 Å². The summed E-state index contributed by atoms with van der Waals surface area (Å²) in [5, 5.41) is 3.56. The lowest BCUT2D eigenvalue weighted by Crippen LogP contribution is -2.05. The fourth-order valence-electron chi connectivity index (χ4n) is 1.07. The van der Waals surface area contributed by atoms with Crippen LogP contribution in [-0.2, 0) is 4.84 Å². The summed E-state index contributed by atoms with van der Waals surface area (Å²) < 4.78 is 0. The fraction of sp³-hybridized carbons (Fsp3) is 0.100. The average molecular weight is 203 g/mol. The zero-order valence-electron chi connectivity index (χ0n) is 8.12. The Morgan fingerprint density at radius 1 is 1.53 bits per heavy atom. The first kappa shape index (κ1) is 10.8. The predicted molar refractivity (Wildman–Crippen MR) is 55.1 cm³/mol. The minimum atomic E-state index is -0.393. The second kappa shape index (κ2) is 5.47. The molecule has 0 unspecified atom stereocenters. The molecule has 0 spiro atoms. The number of rotatable bonds is 4. The van der Waals surface area contributed by atoms with Crippen molar-refractivity contribution in [1.29, 1.82) is 0 Å². The minimum absolute atomic E-state index is 0.393. The molecular weight excluding hydrogens is 194 g/mol. The van der Waals surface area contributed by atoms with Crippen molar-refractivity contribution in [3.63, 3.8) is 0 Å². The van der Waals surface area contributed by atoms with Gasteiger partial charge in [-0.3, -0.25) is 4.79 Å². The number of benzene rings is 1. The number of Topliss-reactive ketones (excluding diaryl/α,β-unsaturated/α-hetero) is 1. The van der Waals surface area contributed by atoms with Crippen LogP contribution in [0.2, 0.25) is 0 Å². The molecule has 0 aliphatic heterocycles. The van der Waals surface area contributed by atoms with E-state index >= 15 is 0 Å². The van der Waals surface area contributed by atoms with Gasteiger partial charge in [0.15, 0.2) is 0 Å². The zero-order chi connectivity index (χ0) is 11.1. The van der Waals surface area contributed by atoms with E-state index in [4.69, 9.17) is 5.53 Å². The lowest BCUT2D eigenvalue weighted by molar-refractivity contribution is 0.00234. The van der Waals surface area contributed by atoms with Crippen molar-refractivity contribution >= 4 is 18.2 Å². The van der Waals surface area contributed by atoms with Crippen LogP contribution in [0.5, 0.6) is 0 Å². The highest BCUT2D eigenvalue weighted by Gasteiger charge is 2.10. The Bertz CT molecular complexity index is 434. The van der Waals surface area contributed by atoms with Gasteiger partial charge >= 0.3 is 6.21 Å². The first-order chi connectivity index (χ1) is 7.29. The highest BCUT2D eigenvalue weighted by molar-refractivity contribution is 6.34. The van der Waals surface area contributed by atoms with Gasteiger partial charge in [-0.05, 0) is 0 Å². The number of hydrogen-bond donors (Lipinski definition) is 0. The van der Waals surface area contributed by atoms with Gasteiger partial charge in [0.25, 0.3) is 5.78 Å². The molecule has 0 N–H and O–H groups in total. The van der Waals surface area contributed by atoms with Crippen LogP contribution in [0, 0.1) is 0 Å². The van der Waals surface area contributed by atoms with Crippen LogP contribution in [-0.4, -0.2) is 30.1 Å². The molecule has 1 rings (SSSR count). The number of carbonyl (C=O) groups is 1. The van der Waals surface area contributed by atoms with Crippen LogP contribution in [0.15, 0.2) is 29.4 Å². The van der Waals surface area contributed by atoms with E-state index in [0.29, 0.717) is 11.1 Å². The van der Waals surface area contributed by atoms with Crippen molar-refractivity contribution < 1.29 is 14.4 Å². The normalized spacial score (nSPS) is 9.67. The molecule has 5 heteroatoms. The second-order valence-electron chi connectivity index (χ2n) is 2.61. The molecule has 0 atom stereocenters. The van der Waals surface area contributed by atoms with Crippen LogP contribution in [0.1, 0.15) is 15.9 Å². The fourth-order valence-corrected chi connectivity index (χ4v) is 1.07. The van der Waals surface area contributed by atoms with Crippen LogP contribution in [0.3, 0.4) is 0 Å². The lowest BCUT2D eigenvalue weighted by atomic mass is 10.1. The van der Waals surface area contributed by atoms with Crippen molar-refractivity contribution in [3.8, 4) is 0 Å². The van der Waals surface area contributed by atoms with E-state index in [1.54, 1.807) is 24.3 Å². The predicted octanol–water partition coefficient (Wildman–Crippen LogP) is 1.15. The van der Waals surface area contributed by atoms with Gasteiger partial charge in [0.2, 0.25) is 0 Å². The minimum Gasteiger partial charge on any atom is -0.399 e. The molecule has 0 aliphatic rings. The summed E-state index contributed by atoms with van der Waals surface area (Å²) in [5.41, 5.74) is 9.26. The quantitative estimate of drug-likeness (QED) is 0.242. The molecule has 0 heterocycles. The number of carbonyl (C=O) groups excluding carboxylic acids is 1. The molecule has 1 aromatic carbocycles. The summed E-state index contributed by atoms with van der Waals surface area (Å²) in [6.45, 7) is 0. The molecule has 0 aromatic heterocycles. The molecular formula is C10H9N3O2. The van der Waals surface area contributed by atoms with Crippen molar-refractivity contribution in [2.24, 2.45) is 5.16 Å². The number of nitrogens with zero attached hydrogens (tertiary/aromatic N) is 3. The Morgan fingerprint density at radius 2 is 2.27 bits per heavy atom. The van der Waals surface area contributed by atoms with E-state index in [0.717, 1.165) is 6.21 Å². The summed E-state index contributed by atoms with van der Waals surface area (Å²) in [6, 6.07) is 6.80. The van der Waals surface area contributed by atoms with Crippen molar-refractivity contribution in [2.45, 2.75) is 0 Å². The van der Waals surface area contributed by atoms with Crippen molar-refractivity contribution in [3.05, 3.63) is 40.9 Å². The molecule has 15 heavy (non-hydrogen) atoms. The van der Waals surface area contributed by atoms with Gasteiger partial charge in [-0.2, -0.15) is 4.79 Å². The third-order valence-electron chi connectivity index (χ3n) is 1.70. The van der Waals surface area contributed by atoms with Gasteiger partial charge in [-0.1, -0.05) is 29.4 Å². The van der Waals surface area contributed by atoms with Gasteiger partial charge in [-0.25, -0.2) is 0 Å². The van der Waals surface area contributed by atoms with E-state index in [1.165, 1.54) is 13.3 Å². The summed E-state index contributed by atoms with van der Waals surface area (Å²) in [7, 11) is 1.41. The summed E-state index contributed by atoms with van der Waals surface area (Å²) >= 11 is 0. The lowest BCUT2D eigenvalue weighted by Gasteiger charge is -1.97. The number of ketones is 1. The molecule has 0 saturated carbocycles. The number of hydrogen-bond acceptors (Lipinski definition) is 3. The maximum atomic E-state index is 11.4. The van der Waals surface area contributed by atoms with Gasteiger partial charge in [0, 0.05) is 11.1 Å². The topological polar surface area (TPSA) is 75.1 Å². The molecule has 0 saturated heterocycles. The summed E-state index contributed by atoms with van der Waals surface area (Å²) in [5.74, 6) is -0.393. The Labute approximate surface area is 86.6 Å². The Hall–Kier alpha value is -2.26. The van der Waals surface area contributed by atoms with Gasteiger partial charge in [0.05, 0.1) is 6.21 Å². The third kappa shape index (κ3) is 2.86. The summed E-state index contributed by atoms with van der Waals surface area (Å²) in [6.07, 6.45) is 2.25. The highest BCUT2D eigenvalue weighted by Crippen LogP contribution is 2.06. The van der Waals surface area contributed by atoms with E-state index in [1.807, 2.05) is 0 Å². The van der Waals surface area contributed by atoms with E-state index in [-0.39, 0.29) is 0 Å². The largest absolute Gasteiger partial charge is 0.399 e. The average Bonchev–Trinajstić information content (AvgIpc) is 2.27. The molecule has 76 valence electrons. The SMILES string of the molecule is CO/N=C/c1ccccc1C(=O)C=[N+]=[N-].